The molecular formula is C20H24N4O4. The average Bonchev–Trinajstić information content (AvgIpc) is 3.45. The van der Waals surface area contributed by atoms with E-state index in [4.69, 9.17) is 9.26 Å². The number of carbonyl (C=O) groups excluding carboxylic acids is 2. The molecule has 1 aromatic heterocycles. The van der Waals surface area contributed by atoms with Crippen molar-refractivity contribution in [2.75, 3.05) is 44.7 Å². The molecule has 1 aromatic carbocycles. The Balaban J connectivity index is 1.37. The van der Waals surface area contributed by atoms with Gasteiger partial charge in [-0.2, -0.15) is 0 Å². The number of hydrogen-bond donors (Lipinski definition) is 2. The number of aromatic nitrogens is 1. The van der Waals surface area contributed by atoms with E-state index in [9.17, 15) is 9.59 Å². The molecule has 1 saturated carbocycles. The maximum absolute atomic E-state index is 12.7. The highest BCUT2D eigenvalue weighted by Crippen LogP contribution is 2.41. The topological polar surface area (TPSA) is 96.7 Å². The first-order valence-electron chi connectivity index (χ1n) is 9.65. The van der Waals surface area contributed by atoms with Crippen molar-refractivity contribution in [2.45, 2.75) is 18.8 Å². The molecule has 0 spiro atoms. The van der Waals surface area contributed by atoms with E-state index in [1.54, 1.807) is 24.3 Å². The molecule has 1 aliphatic carbocycles. The van der Waals surface area contributed by atoms with Gasteiger partial charge in [0.05, 0.1) is 30.7 Å². The van der Waals surface area contributed by atoms with Crippen LogP contribution in [0.3, 0.4) is 0 Å². The summed E-state index contributed by atoms with van der Waals surface area (Å²) >= 11 is 0. The van der Waals surface area contributed by atoms with Gasteiger partial charge in [-0.3, -0.25) is 14.5 Å². The van der Waals surface area contributed by atoms with E-state index in [0.29, 0.717) is 29.1 Å². The summed E-state index contributed by atoms with van der Waals surface area (Å²) in [7, 11) is 0. The zero-order chi connectivity index (χ0) is 19.3. The van der Waals surface area contributed by atoms with Crippen LogP contribution in [-0.2, 0) is 4.74 Å². The summed E-state index contributed by atoms with van der Waals surface area (Å²) in [6, 6.07) is 6.99. The van der Waals surface area contributed by atoms with Gasteiger partial charge in [0.1, 0.15) is 5.56 Å². The number of amides is 2. The SMILES string of the molecule is O=C(NCCN1CCOCC1)c1ccccc1NC(=O)c1cnoc1C1CC1. The van der Waals surface area contributed by atoms with Crippen LogP contribution in [0, 0.1) is 0 Å². The Kier molecular flexibility index (Phi) is 5.68. The van der Waals surface area contributed by atoms with Gasteiger partial charge in [-0.25, -0.2) is 0 Å². The van der Waals surface area contributed by atoms with Gasteiger partial charge in [-0.05, 0) is 25.0 Å². The molecule has 1 aliphatic heterocycles. The van der Waals surface area contributed by atoms with Crippen LogP contribution in [0.1, 0.15) is 45.2 Å². The average molecular weight is 384 g/mol. The summed E-state index contributed by atoms with van der Waals surface area (Å²) in [6.07, 6.45) is 3.46. The molecule has 0 bridgehead atoms. The molecule has 4 rings (SSSR count). The van der Waals surface area contributed by atoms with E-state index in [2.05, 4.69) is 20.7 Å². The summed E-state index contributed by atoms with van der Waals surface area (Å²) in [5, 5.41) is 9.52. The predicted octanol–water partition coefficient (Wildman–Crippen LogP) is 1.87. The van der Waals surface area contributed by atoms with Crippen LogP contribution in [0.25, 0.3) is 0 Å². The number of ether oxygens (including phenoxy) is 1. The third-order valence-electron chi connectivity index (χ3n) is 5.03. The van der Waals surface area contributed by atoms with E-state index in [-0.39, 0.29) is 17.7 Å². The van der Waals surface area contributed by atoms with Gasteiger partial charge in [0, 0.05) is 32.1 Å². The Morgan fingerprint density at radius 1 is 1.11 bits per heavy atom. The maximum atomic E-state index is 12.7. The van der Waals surface area contributed by atoms with Gasteiger partial charge >= 0.3 is 0 Å². The number of hydrogen-bond acceptors (Lipinski definition) is 6. The highest BCUT2D eigenvalue weighted by molar-refractivity contribution is 6.09. The van der Waals surface area contributed by atoms with Crippen molar-refractivity contribution in [1.82, 2.24) is 15.4 Å². The van der Waals surface area contributed by atoms with Crippen molar-refractivity contribution in [3.8, 4) is 0 Å². The fraction of sp³-hybridized carbons (Fsp3) is 0.450. The Morgan fingerprint density at radius 2 is 1.89 bits per heavy atom. The molecule has 8 heteroatoms. The molecule has 2 heterocycles. The highest BCUT2D eigenvalue weighted by Gasteiger charge is 2.32. The van der Waals surface area contributed by atoms with E-state index in [1.807, 2.05) is 0 Å². The van der Waals surface area contributed by atoms with Crippen molar-refractivity contribution >= 4 is 17.5 Å². The van der Waals surface area contributed by atoms with Gasteiger partial charge in [-0.15, -0.1) is 0 Å². The lowest BCUT2D eigenvalue weighted by Crippen LogP contribution is -2.41. The number of morpholine rings is 1. The molecule has 148 valence electrons. The van der Waals surface area contributed by atoms with Gasteiger partial charge in [-0.1, -0.05) is 17.3 Å². The minimum atomic E-state index is -0.309. The van der Waals surface area contributed by atoms with Crippen molar-refractivity contribution < 1.29 is 18.8 Å². The lowest BCUT2D eigenvalue weighted by Gasteiger charge is -2.26. The van der Waals surface area contributed by atoms with E-state index in [1.165, 1.54) is 6.20 Å². The largest absolute Gasteiger partial charge is 0.379 e. The van der Waals surface area contributed by atoms with Crippen LogP contribution in [0.15, 0.2) is 35.0 Å². The zero-order valence-corrected chi connectivity index (χ0v) is 15.6. The predicted molar refractivity (Wildman–Crippen MR) is 102 cm³/mol. The fourth-order valence-electron chi connectivity index (χ4n) is 3.29. The number of para-hydroxylation sites is 1. The van der Waals surface area contributed by atoms with Crippen molar-refractivity contribution in [1.29, 1.82) is 0 Å². The van der Waals surface area contributed by atoms with Crippen molar-refractivity contribution in [2.24, 2.45) is 0 Å². The molecule has 2 aliphatic rings. The van der Waals surface area contributed by atoms with Gasteiger partial charge < -0.3 is 19.9 Å². The Bertz CT molecular complexity index is 840. The molecule has 28 heavy (non-hydrogen) atoms. The number of nitrogens with zero attached hydrogens (tertiary/aromatic N) is 2. The first-order chi connectivity index (χ1) is 13.7. The second kappa shape index (κ2) is 8.53. The Morgan fingerprint density at radius 3 is 2.68 bits per heavy atom. The molecule has 0 radical (unpaired) electrons. The van der Waals surface area contributed by atoms with Crippen molar-refractivity contribution in [3.05, 3.63) is 47.3 Å². The first-order valence-corrected chi connectivity index (χ1v) is 9.65. The molecule has 1 saturated heterocycles. The second-order valence-corrected chi connectivity index (χ2v) is 7.09. The molecular weight excluding hydrogens is 360 g/mol. The summed E-state index contributed by atoms with van der Waals surface area (Å²) in [5.41, 5.74) is 1.34. The molecule has 0 atom stereocenters. The summed E-state index contributed by atoms with van der Waals surface area (Å²) in [5.74, 6) is 0.389. The lowest BCUT2D eigenvalue weighted by molar-refractivity contribution is 0.0383. The number of benzene rings is 1. The van der Waals surface area contributed by atoms with Crippen LogP contribution < -0.4 is 10.6 Å². The molecule has 2 aromatic rings. The Hall–Kier alpha value is -2.71. The first kappa shape index (κ1) is 18.6. The van der Waals surface area contributed by atoms with Gasteiger partial charge in [0.2, 0.25) is 0 Å². The minimum Gasteiger partial charge on any atom is -0.379 e. The van der Waals surface area contributed by atoms with Crippen LogP contribution in [0.4, 0.5) is 5.69 Å². The number of rotatable bonds is 7. The van der Waals surface area contributed by atoms with Gasteiger partial charge in [0.15, 0.2) is 5.76 Å². The zero-order valence-electron chi connectivity index (χ0n) is 15.6. The molecule has 2 fully saturated rings. The smallest absolute Gasteiger partial charge is 0.260 e. The maximum Gasteiger partial charge on any atom is 0.260 e. The number of carbonyl (C=O) groups is 2. The van der Waals surface area contributed by atoms with E-state index >= 15 is 0 Å². The fourth-order valence-corrected chi connectivity index (χ4v) is 3.29. The molecule has 8 nitrogen and oxygen atoms in total. The molecule has 2 amide bonds. The standard InChI is InChI=1S/C20H24N4O4/c25-19(21-7-8-24-9-11-27-12-10-24)15-3-1-2-4-17(15)23-20(26)16-13-22-28-18(16)14-5-6-14/h1-4,13-14H,5-12H2,(H,21,25)(H,23,26). The van der Waals surface area contributed by atoms with Crippen LogP contribution in [0.5, 0.6) is 0 Å². The third kappa shape index (κ3) is 4.40. The highest BCUT2D eigenvalue weighted by atomic mass is 16.5. The van der Waals surface area contributed by atoms with E-state index in [0.717, 1.165) is 45.7 Å². The third-order valence-corrected chi connectivity index (χ3v) is 5.03. The van der Waals surface area contributed by atoms with Crippen molar-refractivity contribution in [3.63, 3.8) is 0 Å². The van der Waals surface area contributed by atoms with E-state index < -0.39 is 0 Å². The summed E-state index contributed by atoms with van der Waals surface area (Å²) in [6.45, 7) is 4.53. The van der Waals surface area contributed by atoms with Crippen LogP contribution in [0.2, 0.25) is 0 Å². The molecule has 2 N–H and O–H groups in total. The van der Waals surface area contributed by atoms with Crippen LogP contribution in [-0.4, -0.2) is 61.3 Å². The quantitative estimate of drug-likeness (QED) is 0.756. The summed E-state index contributed by atoms with van der Waals surface area (Å²) < 4.78 is 10.6. The number of anilines is 1. The normalized spacial score (nSPS) is 17.3. The summed E-state index contributed by atoms with van der Waals surface area (Å²) in [4.78, 5) is 27.5. The second-order valence-electron chi connectivity index (χ2n) is 7.09. The Labute approximate surface area is 163 Å². The monoisotopic (exact) mass is 384 g/mol. The minimum absolute atomic E-state index is 0.211. The van der Waals surface area contributed by atoms with Crippen LogP contribution >= 0.6 is 0 Å². The van der Waals surface area contributed by atoms with Gasteiger partial charge in [0.25, 0.3) is 11.8 Å². The molecule has 0 unspecified atom stereocenters. The number of nitrogens with one attached hydrogen (secondary N) is 2. The lowest BCUT2D eigenvalue weighted by atomic mass is 10.1.